The average molecular weight is 727 g/mol. The summed E-state index contributed by atoms with van der Waals surface area (Å²) in [5, 5.41) is 1.84. The Hall–Kier alpha value is -3.00. The maximum Gasteiger partial charge on any atom is 0.336 e. The molecule has 2 aromatic heterocycles. The predicted octanol–water partition coefficient (Wildman–Crippen LogP) is 5.87. The van der Waals surface area contributed by atoms with Crippen molar-refractivity contribution in [1.82, 2.24) is 9.80 Å². The zero-order valence-electron chi connectivity index (χ0n) is 29.3. The van der Waals surface area contributed by atoms with Crippen LogP contribution in [0, 0.1) is 13.8 Å². The van der Waals surface area contributed by atoms with E-state index in [-0.39, 0.29) is 11.3 Å². The molecule has 4 aromatic rings. The van der Waals surface area contributed by atoms with Gasteiger partial charge >= 0.3 is 11.3 Å². The van der Waals surface area contributed by atoms with E-state index < -0.39 is 0 Å². The van der Waals surface area contributed by atoms with Crippen LogP contribution in [-0.2, 0) is 9.47 Å². The molecule has 10 nitrogen and oxygen atoms in total. The summed E-state index contributed by atoms with van der Waals surface area (Å²) >= 11 is 3.87. The third kappa shape index (κ3) is 12.6. The maximum atomic E-state index is 11.8. The van der Waals surface area contributed by atoms with Crippen molar-refractivity contribution in [3.8, 4) is 11.5 Å². The molecular weight excluding hydrogens is 677 g/mol. The van der Waals surface area contributed by atoms with E-state index >= 15 is 0 Å². The summed E-state index contributed by atoms with van der Waals surface area (Å²) in [6.45, 7) is 13.4. The number of fused-ring (bicyclic) bond motifs is 2. The minimum absolute atomic E-state index is 0.346. The molecule has 1 fully saturated rings. The lowest BCUT2D eigenvalue weighted by atomic mass is 10.1. The smallest absolute Gasteiger partial charge is 0.336 e. The van der Waals surface area contributed by atoms with Crippen molar-refractivity contribution in [3.05, 3.63) is 80.5 Å². The molecule has 2 aromatic carbocycles. The molecule has 1 aliphatic rings. The van der Waals surface area contributed by atoms with Gasteiger partial charge in [0.15, 0.2) is 0 Å². The minimum Gasteiger partial charge on any atom is -0.493 e. The quantitative estimate of drug-likeness (QED) is 0.144. The Morgan fingerprint density at radius 1 is 0.600 bits per heavy atom. The second kappa shape index (κ2) is 20.8. The van der Waals surface area contributed by atoms with Crippen LogP contribution in [0.15, 0.2) is 67.0 Å². The average Bonchev–Trinajstić information content (AvgIpc) is 3.09. The van der Waals surface area contributed by atoms with Gasteiger partial charge in [-0.25, -0.2) is 9.59 Å². The monoisotopic (exact) mass is 726 g/mol. The Kier molecular flexibility index (Phi) is 15.9. The molecule has 50 heavy (non-hydrogen) atoms. The molecule has 0 amide bonds. The van der Waals surface area contributed by atoms with Crippen molar-refractivity contribution < 1.29 is 27.8 Å². The summed E-state index contributed by atoms with van der Waals surface area (Å²) in [4.78, 5) is 28.5. The van der Waals surface area contributed by atoms with Crippen molar-refractivity contribution in [2.45, 2.75) is 26.7 Å². The van der Waals surface area contributed by atoms with E-state index in [0.717, 1.165) is 110 Å². The number of ether oxygens (including phenoxy) is 4. The first-order valence-electron chi connectivity index (χ1n) is 17.5. The van der Waals surface area contributed by atoms with Gasteiger partial charge in [0.1, 0.15) is 22.7 Å². The highest BCUT2D eigenvalue weighted by molar-refractivity contribution is 7.99. The van der Waals surface area contributed by atoms with Gasteiger partial charge in [-0.05, 0) is 62.1 Å². The lowest BCUT2D eigenvalue weighted by Crippen LogP contribution is -2.34. The van der Waals surface area contributed by atoms with E-state index in [9.17, 15) is 9.59 Å². The molecular formula is C38H50N2O8S2. The molecule has 0 bridgehead atoms. The Bertz CT molecular complexity index is 1620. The lowest BCUT2D eigenvalue weighted by Gasteiger charge is -2.24. The maximum absolute atomic E-state index is 11.8. The van der Waals surface area contributed by atoms with E-state index in [4.69, 9.17) is 27.8 Å². The van der Waals surface area contributed by atoms with E-state index in [1.165, 1.54) is 12.1 Å². The van der Waals surface area contributed by atoms with Gasteiger partial charge in [-0.15, -0.1) is 0 Å². The summed E-state index contributed by atoms with van der Waals surface area (Å²) in [5.74, 6) is 5.50. The molecule has 1 saturated heterocycles. The van der Waals surface area contributed by atoms with Crippen molar-refractivity contribution in [2.75, 3.05) is 102 Å². The fourth-order valence-corrected chi connectivity index (χ4v) is 7.49. The SMILES string of the molecule is Cc1cc(=O)oc2cc(OCCCN3CCOCCN(CCCOc4ccc5c(C)cc(=O)oc5c4)CCSCCOCCSCC3)ccc12. The molecule has 0 saturated carbocycles. The van der Waals surface area contributed by atoms with E-state index in [1.54, 1.807) is 12.1 Å². The molecule has 1 aliphatic heterocycles. The Balaban J connectivity index is 1.05. The van der Waals surface area contributed by atoms with Crippen LogP contribution in [-0.4, -0.2) is 112 Å². The van der Waals surface area contributed by atoms with Crippen LogP contribution in [0.4, 0.5) is 0 Å². The highest BCUT2D eigenvalue weighted by Crippen LogP contribution is 2.23. The van der Waals surface area contributed by atoms with E-state index in [0.29, 0.717) is 49.1 Å². The first kappa shape index (κ1) is 38.2. The van der Waals surface area contributed by atoms with Gasteiger partial charge in [-0.3, -0.25) is 0 Å². The van der Waals surface area contributed by atoms with Gasteiger partial charge in [-0.2, -0.15) is 23.5 Å². The number of thioether (sulfide) groups is 2. The standard InChI is InChI=1S/C38H50N2O8S2/c1-29-25-37(41)47-35-27-31(5-7-33(29)35)45-15-3-9-39-11-17-43-18-12-40(14-22-50-24-20-44-19-23-49-21-13-39)10-4-16-46-32-6-8-34-30(2)26-38(42)48-36(34)28-32/h5-8,25-28H,3-4,9-24H2,1-2H3. The lowest BCUT2D eigenvalue weighted by molar-refractivity contribution is 0.0829. The number of hydrogen-bond donors (Lipinski definition) is 0. The van der Waals surface area contributed by atoms with Crippen LogP contribution in [0.5, 0.6) is 11.5 Å². The summed E-state index contributed by atoms with van der Waals surface area (Å²) in [6.07, 6.45) is 1.76. The van der Waals surface area contributed by atoms with Crippen LogP contribution in [0.1, 0.15) is 24.0 Å². The third-order valence-electron chi connectivity index (χ3n) is 8.57. The molecule has 0 N–H and O–H groups in total. The van der Waals surface area contributed by atoms with Crippen LogP contribution in [0.2, 0.25) is 0 Å². The molecule has 0 atom stereocenters. The largest absolute Gasteiger partial charge is 0.493 e. The van der Waals surface area contributed by atoms with Gasteiger partial charge in [0.25, 0.3) is 0 Å². The highest BCUT2D eigenvalue weighted by atomic mass is 32.2. The van der Waals surface area contributed by atoms with Crippen molar-refractivity contribution in [3.63, 3.8) is 0 Å². The number of hydrogen-bond acceptors (Lipinski definition) is 12. The predicted molar refractivity (Wildman–Crippen MR) is 204 cm³/mol. The van der Waals surface area contributed by atoms with Crippen LogP contribution >= 0.6 is 23.5 Å². The molecule has 0 aliphatic carbocycles. The third-order valence-corrected chi connectivity index (χ3v) is 10.4. The Labute approximate surface area is 302 Å². The summed E-state index contributed by atoms with van der Waals surface area (Å²) in [7, 11) is 0. The highest BCUT2D eigenvalue weighted by Gasteiger charge is 2.10. The van der Waals surface area contributed by atoms with Crippen molar-refractivity contribution in [1.29, 1.82) is 0 Å². The van der Waals surface area contributed by atoms with Gasteiger partial charge in [0, 0.05) is 97.3 Å². The summed E-state index contributed by atoms with van der Waals surface area (Å²) < 4.78 is 34.8. The number of benzene rings is 2. The van der Waals surface area contributed by atoms with Crippen molar-refractivity contribution >= 4 is 45.5 Å². The molecule has 272 valence electrons. The Morgan fingerprint density at radius 3 is 1.54 bits per heavy atom. The van der Waals surface area contributed by atoms with Crippen LogP contribution in [0.3, 0.4) is 0 Å². The first-order chi connectivity index (χ1) is 24.4. The number of nitrogens with zero attached hydrogens (tertiary/aromatic N) is 2. The summed E-state index contributed by atoms with van der Waals surface area (Å²) in [5.41, 5.74) is 2.21. The molecule has 0 spiro atoms. The van der Waals surface area contributed by atoms with E-state index in [2.05, 4.69) is 9.80 Å². The molecule has 0 radical (unpaired) electrons. The van der Waals surface area contributed by atoms with Gasteiger partial charge in [0.05, 0.1) is 39.6 Å². The second-order valence-electron chi connectivity index (χ2n) is 12.3. The van der Waals surface area contributed by atoms with Gasteiger partial charge < -0.3 is 37.6 Å². The zero-order valence-corrected chi connectivity index (χ0v) is 31.0. The van der Waals surface area contributed by atoms with Crippen molar-refractivity contribution in [2.24, 2.45) is 0 Å². The number of rotatable bonds is 10. The van der Waals surface area contributed by atoms with Gasteiger partial charge in [-0.1, -0.05) is 0 Å². The van der Waals surface area contributed by atoms with E-state index in [1.807, 2.05) is 61.6 Å². The molecule has 12 heteroatoms. The molecule has 3 heterocycles. The topological polar surface area (TPSA) is 104 Å². The van der Waals surface area contributed by atoms with Crippen LogP contribution in [0.25, 0.3) is 21.9 Å². The minimum atomic E-state index is -0.346. The van der Waals surface area contributed by atoms with Crippen LogP contribution < -0.4 is 20.7 Å². The fraction of sp³-hybridized carbons (Fsp3) is 0.526. The first-order valence-corrected chi connectivity index (χ1v) is 19.9. The number of aryl methyl sites for hydroxylation is 2. The second-order valence-corrected chi connectivity index (χ2v) is 14.8. The Morgan fingerprint density at radius 2 is 1.06 bits per heavy atom. The summed E-state index contributed by atoms with van der Waals surface area (Å²) in [6, 6.07) is 14.4. The zero-order chi connectivity index (χ0) is 35.0. The normalized spacial score (nSPS) is 17.0. The fourth-order valence-electron chi connectivity index (χ4n) is 5.84. The van der Waals surface area contributed by atoms with Gasteiger partial charge in [0.2, 0.25) is 0 Å². The molecule has 5 rings (SSSR count). The molecule has 0 unspecified atom stereocenters.